The minimum atomic E-state index is -0.838. The average Bonchev–Trinajstić information content (AvgIpc) is 3.39. The summed E-state index contributed by atoms with van der Waals surface area (Å²) < 4.78 is 11.0. The minimum absolute atomic E-state index is 0.00870. The molecule has 8 heteroatoms. The molecule has 2 aliphatic rings. The van der Waals surface area contributed by atoms with Crippen LogP contribution >= 0.6 is 0 Å². The van der Waals surface area contributed by atoms with E-state index in [2.05, 4.69) is 45.6 Å². The molecule has 2 aliphatic heterocycles. The minimum Gasteiger partial charge on any atom is -0.481 e. The number of aliphatic carboxylic acids is 1. The van der Waals surface area contributed by atoms with Crippen LogP contribution in [0.2, 0.25) is 0 Å². The fraction of sp³-hybridized carbons (Fsp3) is 0.643. The summed E-state index contributed by atoms with van der Waals surface area (Å²) >= 11 is 0. The number of fused-ring (bicyclic) bond motifs is 1. The zero-order chi connectivity index (χ0) is 26.5. The van der Waals surface area contributed by atoms with Crippen LogP contribution in [0.25, 0.3) is 0 Å². The monoisotopic (exact) mass is 501 g/mol. The van der Waals surface area contributed by atoms with Crippen LogP contribution in [0.5, 0.6) is 11.5 Å². The standard InChI is InChI=1S/C28H43N3O5/c1-6-7-11-30(12-10-29)25(32)17-31-16-21(20-8-9-23-24(13-20)36-18-35-23)26(27(33)34)22(31)15-28(4,5)14-19(2)3/h8-9,13-14,21-22,26H,6-7,10-12,15-18,29H2,1-5H3,(H,33,34)/t21-,22+,26-/m1/s1. The molecule has 8 nitrogen and oxygen atoms in total. The fourth-order valence-electron chi connectivity index (χ4n) is 5.75. The van der Waals surface area contributed by atoms with Crippen LogP contribution in [0.15, 0.2) is 29.8 Å². The summed E-state index contributed by atoms with van der Waals surface area (Å²) in [4.78, 5) is 30.0. The molecular weight excluding hydrogens is 458 g/mol. The van der Waals surface area contributed by atoms with Crippen molar-refractivity contribution in [3.8, 4) is 11.5 Å². The number of rotatable bonds is 12. The third kappa shape index (κ3) is 6.79. The molecule has 3 rings (SSSR count). The van der Waals surface area contributed by atoms with Gasteiger partial charge in [0, 0.05) is 38.1 Å². The average molecular weight is 502 g/mol. The van der Waals surface area contributed by atoms with Gasteiger partial charge in [0.05, 0.1) is 12.5 Å². The molecule has 1 aromatic carbocycles. The molecule has 1 amide bonds. The van der Waals surface area contributed by atoms with Gasteiger partial charge in [-0.3, -0.25) is 14.5 Å². The van der Waals surface area contributed by atoms with Crippen molar-refractivity contribution in [3.05, 3.63) is 35.4 Å². The highest BCUT2D eigenvalue weighted by Gasteiger charge is 2.48. The maximum absolute atomic E-state index is 13.4. The summed E-state index contributed by atoms with van der Waals surface area (Å²) in [5.41, 5.74) is 7.66. The third-order valence-corrected chi connectivity index (χ3v) is 7.14. The molecule has 0 unspecified atom stereocenters. The number of carboxylic acids is 1. The van der Waals surface area contributed by atoms with E-state index in [1.165, 1.54) is 5.57 Å². The molecule has 0 bridgehead atoms. The van der Waals surface area contributed by atoms with Crippen molar-refractivity contribution in [3.63, 3.8) is 0 Å². The largest absolute Gasteiger partial charge is 0.481 e. The van der Waals surface area contributed by atoms with Crippen LogP contribution in [0.4, 0.5) is 0 Å². The zero-order valence-electron chi connectivity index (χ0n) is 22.5. The van der Waals surface area contributed by atoms with E-state index in [0.717, 1.165) is 18.4 Å². The number of nitrogens with two attached hydrogens (primary N) is 1. The highest BCUT2D eigenvalue weighted by Crippen LogP contribution is 2.45. The molecule has 0 aliphatic carbocycles. The number of unbranched alkanes of at least 4 members (excludes halogenated alkanes) is 1. The lowest BCUT2D eigenvalue weighted by molar-refractivity contribution is -0.144. The summed E-state index contributed by atoms with van der Waals surface area (Å²) in [6, 6.07) is 5.38. The predicted molar refractivity (Wildman–Crippen MR) is 140 cm³/mol. The number of hydrogen-bond acceptors (Lipinski definition) is 6. The summed E-state index contributed by atoms with van der Waals surface area (Å²) in [7, 11) is 0. The summed E-state index contributed by atoms with van der Waals surface area (Å²) in [6.07, 6.45) is 4.74. The number of nitrogens with zero attached hydrogens (tertiary/aromatic N) is 2. The van der Waals surface area contributed by atoms with Gasteiger partial charge in [0.2, 0.25) is 12.7 Å². The van der Waals surface area contributed by atoms with Gasteiger partial charge in [-0.15, -0.1) is 0 Å². The summed E-state index contributed by atoms with van der Waals surface area (Å²) in [5, 5.41) is 10.4. The highest BCUT2D eigenvalue weighted by atomic mass is 16.7. The van der Waals surface area contributed by atoms with Crippen molar-refractivity contribution >= 4 is 11.9 Å². The van der Waals surface area contributed by atoms with Crippen LogP contribution < -0.4 is 15.2 Å². The first-order chi connectivity index (χ1) is 17.1. The van der Waals surface area contributed by atoms with Crippen LogP contribution in [0, 0.1) is 11.3 Å². The molecule has 0 aromatic heterocycles. The van der Waals surface area contributed by atoms with Crippen molar-refractivity contribution in [2.75, 3.05) is 39.5 Å². The summed E-state index contributed by atoms with van der Waals surface area (Å²) in [5.74, 6) is -0.436. The van der Waals surface area contributed by atoms with Crippen molar-refractivity contribution in [2.45, 2.75) is 65.8 Å². The van der Waals surface area contributed by atoms with Gasteiger partial charge in [0.1, 0.15) is 0 Å². The van der Waals surface area contributed by atoms with Crippen LogP contribution in [0.3, 0.4) is 0 Å². The van der Waals surface area contributed by atoms with E-state index in [1.807, 2.05) is 23.1 Å². The second-order valence-electron chi connectivity index (χ2n) is 11.0. The van der Waals surface area contributed by atoms with Gasteiger partial charge in [-0.1, -0.05) is 44.9 Å². The molecule has 2 heterocycles. The van der Waals surface area contributed by atoms with Crippen LogP contribution in [-0.4, -0.2) is 72.3 Å². The molecule has 3 atom stereocenters. The van der Waals surface area contributed by atoms with E-state index in [0.29, 0.717) is 44.1 Å². The number of benzene rings is 1. The van der Waals surface area contributed by atoms with Crippen molar-refractivity contribution < 1.29 is 24.2 Å². The van der Waals surface area contributed by atoms with Crippen molar-refractivity contribution in [1.82, 2.24) is 9.80 Å². The Morgan fingerprint density at radius 2 is 1.94 bits per heavy atom. The number of carbonyl (C=O) groups excluding carboxylic acids is 1. The van der Waals surface area contributed by atoms with E-state index < -0.39 is 11.9 Å². The molecule has 1 fully saturated rings. The number of allylic oxidation sites excluding steroid dienone is 2. The third-order valence-electron chi connectivity index (χ3n) is 7.14. The Morgan fingerprint density at radius 1 is 1.22 bits per heavy atom. The van der Waals surface area contributed by atoms with E-state index in [-0.39, 0.29) is 36.6 Å². The van der Waals surface area contributed by atoms with Crippen LogP contribution in [0.1, 0.15) is 65.4 Å². The highest BCUT2D eigenvalue weighted by molar-refractivity contribution is 5.79. The maximum atomic E-state index is 13.4. The quantitative estimate of drug-likeness (QED) is 0.419. The van der Waals surface area contributed by atoms with Crippen molar-refractivity contribution in [1.29, 1.82) is 0 Å². The molecule has 0 saturated carbocycles. The Bertz CT molecular complexity index is 957. The second-order valence-corrected chi connectivity index (χ2v) is 11.0. The smallest absolute Gasteiger partial charge is 0.308 e. The Morgan fingerprint density at radius 3 is 2.58 bits per heavy atom. The molecule has 1 saturated heterocycles. The predicted octanol–water partition coefficient (Wildman–Crippen LogP) is 3.85. The number of hydrogen-bond donors (Lipinski definition) is 2. The number of carbonyl (C=O) groups is 2. The molecular formula is C28H43N3O5. The zero-order valence-corrected chi connectivity index (χ0v) is 22.5. The number of carboxylic acid groups (broad SMARTS) is 1. The molecule has 1 aromatic rings. The lowest BCUT2D eigenvalue weighted by atomic mass is 9.77. The molecule has 0 radical (unpaired) electrons. The van der Waals surface area contributed by atoms with Gasteiger partial charge in [-0.2, -0.15) is 0 Å². The molecule has 200 valence electrons. The van der Waals surface area contributed by atoms with E-state index in [9.17, 15) is 14.7 Å². The van der Waals surface area contributed by atoms with Gasteiger partial charge in [0.15, 0.2) is 11.5 Å². The second kappa shape index (κ2) is 12.1. The summed E-state index contributed by atoms with van der Waals surface area (Å²) in [6.45, 7) is 12.9. The Kier molecular flexibility index (Phi) is 9.41. The first-order valence-corrected chi connectivity index (χ1v) is 13.1. The number of amides is 1. The first-order valence-electron chi connectivity index (χ1n) is 13.1. The van der Waals surface area contributed by atoms with Crippen molar-refractivity contribution in [2.24, 2.45) is 17.1 Å². The Labute approximate surface area is 215 Å². The lowest BCUT2D eigenvalue weighted by Gasteiger charge is -2.34. The topological polar surface area (TPSA) is 105 Å². The van der Waals surface area contributed by atoms with E-state index in [1.54, 1.807) is 0 Å². The molecule has 0 spiro atoms. The number of likely N-dealkylation sites (tertiary alicyclic amines) is 1. The van der Waals surface area contributed by atoms with Gasteiger partial charge in [-0.05, 0) is 49.8 Å². The normalized spacial score (nSPS) is 21.4. The van der Waals surface area contributed by atoms with Gasteiger partial charge >= 0.3 is 5.97 Å². The van der Waals surface area contributed by atoms with E-state index >= 15 is 0 Å². The van der Waals surface area contributed by atoms with Gasteiger partial charge in [-0.25, -0.2) is 0 Å². The van der Waals surface area contributed by atoms with E-state index in [4.69, 9.17) is 15.2 Å². The fourth-order valence-corrected chi connectivity index (χ4v) is 5.75. The molecule has 3 N–H and O–H groups in total. The van der Waals surface area contributed by atoms with Gasteiger partial charge in [0.25, 0.3) is 0 Å². The van der Waals surface area contributed by atoms with Crippen LogP contribution in [-0.2, 0) is 9.59 Å². The van der Waals surface area contributed by atoms with Gasteiger partial charge < -0.3 is 25.2 Å². The Hall–Kier alpha value is -2.58. The first kappa shape index (κ1) is 28.0. The molecule has 36 heavy (non-hydrogen) atoms. The lowest BCUT2D eigenvalue weighted by Crippen LogP contribution is -2.46. The maximum Gasteiger partial charge on any atom is 0.308 e. The Balaban J connectivity index is 1.94. The number of ether oxygens (including phenoxy) is 2. The SMILES string of the molecule is CCCCN(CCN)C(=O)CN1C[C@H](c2ccc3c(c2)OCO3)[C@@H](C(=O)O)[C@@H]1CC(C)(C)C=C(C)C.